The summed E-state index contributed by atoms with van der Waals surface area (Å²) in [5.74, 6) is 0.398. The topological polar surface area (TPSA) is 119 Å². The second-order valence-electron chi connectivity index (χ2n) is 10.3. The van der Waals surface area contributed by atoms with Crippen molar-refractivity contribution < 1.29 is 28.6 Å². The molecule has 42 heavy (non-hydrogen) atoms. The second kappa shape index (κ2) is 11.8. The fourth-order valence-corrected chi connectivity index (χ4v) is 5.20. The van der Waals surface area contributed by atoms with Gasteiger partial charge in [-0.15, -0.1) is 0 Å². The van der Waals surface area contributed by atoms with Crippen molar-refractivity contribution in [3.05, 3.63) is 95.8 Å². The molecule has 0 aliphatic carbocycles. The van der Waals surface area contributed by atoms with E-state index >= 15 is 0 Å². The smallest absolute Gasteiger partial charge is 0.272 e. The van der Waals surface area contributed by atoms with Gasteiger partial charge in [-0.05, 0) is 47.3 Å². The first-order valence-corrected chi connectivity index (χ1v) is 13.7. The normalized spacial score (nSPS) is 19.0. The standard InChI is InChI=1S/C32H30N4O6/c1-40-28-11-8-22-15-29(28)41-19-30(37)34-16-20-6-9-24(10-7-20)42-27-12-13-36(18-26(27)35-31(22)38)32(39)25-14-21-4-2-3-5-23(21)17-33-25/h2-11,14-15,17,26-27H,12-13,16,18-19H2,1H3,(H,34,37)(H,35,38)/t26-,27+/m0/s1. The third-order valence-electron chi connectivity index (χ3n) is 7.49. The fourth-order valence-electron chi connectivity index (χ4n) is 5.20. The number of fused-ring (bicyclic) bond motifs is 8. The van der Waals surface area contributed by atoms with E-state index in [1.54, 1.807) is 29.3 Å². The van der Waals surface area contributed by atoms with Gasteiger partial charge in [-0.25, -0.2) is 0 Å². The molecule has 0 radical (unpaired) electrons. The number of hydrogen-bond acceptors (Lipinski definition) is 7. The average Bonchev–Trinajstić information content (AvgIpc) is 3.03. The van der Waals surface area contributed by atoms with Gasteiger partial charge in [0.1, 0.15) is 17.5 Å². The highest BCUT2D eigenvalue weighted by atomic mass is 16.5. The van der Waals surface area contributed by atoms with E-state index in [1.807, 2.05) is 48.5 Å². The Kier molecular flexibility index (Phi) is 7.59. The van der Waals surface area contributed by atoms with Crippen molar-refractivity contribution in [1.82, 2.24) is 20.5 Å². The van der Waals surface area contributed by atoms with Crippen molar-refractivity contribution in [2.45, 2.75) is 25.1 Å². The Labute approximate surface area is 242 Å². The van der Waals surface area contributed by atoms with E-state index in [4.69, 9.17) is 14.2 Å². The van der Waals surface area contributed by atoms with E-state index in [0.29, 0.717) is 42.3 Å². The summed E-state index contributed by atoms with van der Waals surface area (Å²) in [6.07, 6.45) is 1.81. The fraction of sp³-hybridized carbons (Fsp3) is 0.250. The van der Waals surface area contributed by atoms with E-state index in [-0.39, 0.29) is 36.6 Å². The van der Waals surface area contributed by atoms with Crippen LogP contribution in [0.15, 0.2) is 79.0 Å². The molecule has 2 atom stereocenters. The molecular formula is C32H30N4O6. The van der Waals surface area contributed by atoms with Crippen LogP contribution in [0, 0.1) is 0 Å². The Morgan fingerprint density at radius 2 is 1.83 bits per heavy atom. The van der Waals surface area contributed by atoms with E-state index < -0.39 is 12.1 Å². The maximum absolute atomic E-state index is 13.5. The molecule has 3 aliphatic heterocycles. The molecule has 10 heteroatoms. The SMILES string of the molecule is COc1ccc2cc1OCC(=O)NCc1ccc(cc1)O[C@@H]1CCN(C(=O)c3cc4ccccc4cn3)C[C@@H]1NC2=O. The molecule has 0 saturated carbocycles. The lowest BCUT2D eigenvalue weighted by Crippen LogP contribution is -2.58. The zero-order valence-electron chi connectivity index (χ0n) is 23.0. The van der Waals surface area contributed by atoms with Crippen molar-refractivity contribution in [3.63, 3.8) is 0 Å². The van der Waals surface area contributed by atoms with Gasteiger partial charge in [0.2, 0.25) is 0 Å². The summed E-state index contributed by atoms with van der Waals surface area (Å²) in [5.41, 5.74) is 1.56. The van der Waals surface area contributed by atoms with E-state index in [2.05, 4.69) is 15.6 Å². The summed E-state index contributed by atoms with van der Waals surface area (Å²) >= 11 is 0. The molecule has 7 rings (SSSR count). The van der Waals surface area contributed by atoms with Crippen LogP contribution in [-0.4, -0.2) is 66.6 Å². The number of likely N-dealkylation sites (tertiary alicyclic amines) is 1. The van der Waals surface area contributed by atoms with Gasteiger partial charge in [0.25, 0.3) is 17.7 Å². The van der Waals surface area contributed by atoms with Gasteiger partial charge >= 0.3 is 0 Å². The first kappa shape index (κ1) is 27.1. The summed E-state index contributed by atoms with van der Waals surface area (Å²) in [5, 5.41) is 7.78. The van der Waals surface area contributed by atoms with Gasteiger partial charge in [0.05, 0.1) is 13.2 Å². The van der Waals surface area contributed by atoms with Crippen molar-refractivity contribution in [1.29, 1.82) is 0 Å². The number of ether oxygens (including phenoxy) is 3. The number of nitrogens with zero attached hydrogens (tertiary/aromatic N) is 2. The zero-order chi connectivity index (χ0) is 29.1. The molecular weight excluding hydrogens is 536 g/mol. The van der Waals surface area contributed by atoms with Crippen LogP contribution in [0.2, 0.25) is 0 Å². The van der Waals surface area contributed by atoms with Crippen LogP contribution < -0.4 is 24.8 Å². The first-order valence-electron chi connectivity index (χ1n) is 13.7. The van der Waals surface area contributed by atoms with Gasteiger partial charge in [0, 0.05) is 43.2 Å². The molecule has 3 aromatic carbocycles. The highest BCUT2D eigenvalue weighted by molar-refractivity contribution is 5.97. The molecule has 4 heterocycles. The van der Waals surface area contributed by atoms with Crippen molar-refractivity contribution in [2.24, 2.45) is 0 Å². The van der Waals surface area contributed by atoms with Gasteiger partial charge in [0.15, 0.2) is 18.1 Å². The van der Waals surface area contributed by atoms with Crippen molar-refractivity contribution in [2.75, 3.05) is 26.8 Å². The Morgan fingerprint density at radius 3 is 2.64 bits per heavy atom. The Hall–Kier alpha value is -5.12. The van der Waals surface area contributed by atoms with E-state index in [9.17, 15) is 14.4 Å². The molecule has 0 spiro atoms. The van der Waals surface area contributed by atoms with Crippen molar-refractivity contribution >= 4 is 28.5 Å². The number of carbonyl (C=O) groups excluding carboxylic acids is 3. The number of hydrogen-bond donors (Lipinski definition) is 2. The number of benzene rings is 3. The number of nitrogens with one attached hydrogen (secondary N) is 2. The second-order valence-corrected chi connectivity index (χ2v) is 10.3. The molecule has 1 aromatic heterocycles. The number of methoxy groups -OCH3 is 1. The maximum Gasteiger partial charge on any atom is 0.272 e. The molecule has 4 bridgehead atoms. The minimum absolute atomic E-state index is 0.210. The highest BCUT2D eigenvalue weighted by Gasteiger charge is 2.35. The Balaban J connectivity index is 1.29. The summed E-state index contributed by atoms with van der Waals surface area (Å²) in [6, 6.07) is 21.2. The monoisotopic (exact) mass is 566 g/mol. The third kappa shape index (κ3) is 5.83. The van der Waals surface area contributed by atoms with Crippen LogP contribution in [0.25, 0.3) is 10.8 Å². The molecule has 3 amide bonds. The zero-order valence-corrected chi connectivity index (χ0v) is 23.0. The van der Waals surface area contributed by atoms with Gasteiger partial charge in [-0.1, -0.05) is 36.4 Å². The minimum atomic E-state index is -0.513. The minimum Gasteiger partial charge on any atom is -0.493 e. The summed E-state index contributed by atoms with van der Waals surface area (Å²) in [4.78, 5) is 45.6. The molecule has 3 aliphatic rings. The number of piperidine rings is 1. The number of rotatable bonds is 2. The highest BCUT2D eigenvalue weighted by Crippen LogP contribution is 2.29. The molecule has 1 saturated heterocycles. The van der Waals surface area contributed by atoms with Crippen LogP contribution in [0.1, 0.15) is 32.8 Å². The Bertz CT molecular complexity index is 1640. The lowest BCUT2D eigenvalue weighted by Gasteiger charge is -2.38. The molecule has 4 aromatic rings. The number of amides is 3. The van der Waals surface area contributed by atoms with Gasteiger partial charge in [-0.3, -0.25) is 19.4 Å². The van der Waals surface area contributed by atoms with E-state index in [1.165, 1.54) is 13.2 Å². The summed E-state index contributed by atoms with van der Waals surface area (Å²) in [6.45, 7) is 0.758. The average molecular weight is 567 g/mol. The third-order valence-corrected chi connectivity index (χ3v) is 7.49. The van der Waals surface area contributed by atoms with Crippen LogP contribution in [0.5, 0.6) is 17.2 Å². The predicted octanol–water partition coefficient (Wildman–Crippen LogP) is 3.34. The van der Waals surface area contributed by atoms with E-state index in [0.717, 1.165) is 16.3 Å². The molecule has 214 valence electrons. The van der Waals surface area contributed by atoms with Gasteiger partial charge < -0.3 is 29.7 Å². The first-order chi connectivity index (χ1) is 20.5. The van der Waals surface area contributed by atoms with Crippen LogP contribution in [-0.2, 0) is 11.3 Å². The van der Waals surface area contributed by atoms with Gasteiger partial charge in [-0.2, -0.15) is 0 Å². The quantitative estimate of drug-likeness (QED) is 0.382. The van der Waals surface area contributed by atoms with Crippen molar-refractivity contribution in [3.8, 4) is 17.2 Å². The van der Waals surface area contributed by atoms with Crippen LogP contribution >= 0.6 is 0 Å². The predicted molar refractivity (Wildman–Crippen MR) is 155 cm³/mol. The van der Waals surface area contributed by atoms with Crippen LogP contribution in [0.4, 0.5) is 0 Å². The lowest BCUT2D eigenvalue weighted by molar-refractivity contribution is -0.123. The summed E-state index contributed by atoms with van der Waals surface area (Å²) < 4.78 is 17.4. The molecule has 0 unspecified atom stereocenters. The van der Waals surface area contributed by atoms with Crippen LogP contribution in [0.3, 0.4) is 0 Å². The molecule has 2 N–H and O–H groups in total. The molecule has 10 nitrogen and oxygen atoms in total. The Morgan fingerprint density at radius 1 is 1.02 bits per heavy atom. The number of pyridine rings is 1. The largest absolute Gasteiger partial charge is 0.493 e. The summed E-state index contributed by atoms with van der Waals surface area (Å²) in [7, 11) is 1.49. The molecule has 1 fully saturated rings. The lowest BCUT2D eigenvalue weighted by atomic mass is 10.00. The number of carbonyl (C=O) groups is 3. The maximum atomic E-state index is 13.5. The number of aromatic nitrogens is 1.